The van der Waals surface area contributed by atoms with E-state index in [0.717, 1.165) is 0 Å². The topological polar surface area (TPSA) is 95.4 Å². The van der Waals surface area contributed by atoms with Gasteiger partial charge in [0.05, 0.1) is 6.42 Å². The molecule has 1 aromatic rings. The van der Waals surface area contributed by atoms with Crippen molar-refractivity contribution < 1.29 is 14.7 Å². The quantitative estimate of drug-likeness (QED) is 0.784. The molecule has 7 nitrogen and oxygen atoms in total. The Morgan fingerprint density at radius 3 is 2.93 bits per heavy atom. The van der Waals surface area contributed by atoms with Crippen LogP contribution >= 0.6 is 11.3 Å². The number of anilines is 1. The highest BCUT2D eigenvalue weighted by atomic mass is 32.1. The number of aliphatic carboxylic acids is 1. The Morgan fingerprint density at radius 1 is 1.67 bits per heavy atom. The van der Waals surface area contributed by atoms with Gasteiger partial charge in [0.2, 0.25) is 5.13 Å². The smallest absolute Gasteiger partial charge is 0.323 e. The van der Waals surface area contributed by atoms with Crippen LogP contribution in [0, 0.1) is 0 Å². The molecule has 0 fully saturated rings. The summed E-state index contributed by atoms with van der Waals surface area (Å²) in [5.41, 5.74) is 1.49. The number of hydrogen-bond donors (Lipinski definition) is 2. The van der Waals surface area contributed by atoms with Gasteiger partial charge in [0.25, 0.3) is 0 Å². The molecule has 8 heteroatoms. The minimum Gasteiger partial charge on any atom is -0.481 e. The fraction of sp³-hybridized carbons (Fsp3) is 0.429. The third-order valence-corrected chi connectivity index (χ3v) is 2.19. The molecule has 1 heterocycles. The summed E-state index contributed by atoms with van der Waals surface area (Å²) in [6, 6.07) is -0.395. The number of carbonyl (C=O) groups is 2. The molecule has 0 aliphatic heterocycles. The second-order valence-electron chi connectivity index (χ2n) is 2.74. The van der Waals surface area contributed by atoms with Crippen LogP contribution in [0.25, 0.3) is 0 Å². The van der Waals surface area contributed by atoms with Gasteiger partial charge in [0.1, 0.15) is 5.51 Å². The Morgan fingerprint density at radius 2 is 2.40 bits per heavy atom. The second kappa shape index (κ2) is 5.25. The number of urea groups is 1. The van der Waals surface area contributed by atoms with Gasteiger partial charge in [-0.15, -0.1) is 10.2 Å². The van der Waals surface area contributed by atoms with Crippen LogP contribution in [-0.2, 0) is 4.79 Å². The average Bonchev–Trinajstić information content (AvgIpc) is 2.66. The molecule has 0 spiro atoms. The van der Waals surface area contributed by atoms with Crippen molar-refractivity contribution in [3.05, 3.63) is 5.51 Å². The van der Waals surface area contributed by atoms with E-state index >= 15 is 0 Å². The molecule has 2 N–H and O–H groups in total. The van der Waals surface area contributed by atoms with Gasteiger partial charge < -0.3 is 10.0 Å². The number of hydrogen-bond acceptors (Lipinski definition) is 5. The first kappa shape index (κ1) is 11.4. The zero-order valence-corrected chi connectivity index (χ0v) is 8.82. The predicted octanol–water partition coefficient (Wildman–Crippen LogP) is 0.476. The lowest BCUT2D eigenvalue weighted by Gasteiger charge is -2.15. The van der Waals surface area contributed by atoms with E-state index in [-0.39, 0.29) is 13.0 Å². The van der Waals surface area contributed by atoms with Crippen molar-refractivity contribution in [2.75, 3.05) is 18.9 Å². The van der Waals surface area contributed by atoms with Gasteiger partial charge in [-0.1, -0.05) is 11.3 Å². The third kappa shape index (κ3) is 3.90. The van der Waals surface area contributed by atoms with Crippen molar-refractivity contribution in [1.82, 2.24) is 15.1 Å². The Labute approximate surface area is 89.7 Å². The maximum absolute atomic E-state index is 11.4. The summed E-state index contributed by atoms with van der Waals surface area (Å²) in [7, 11) is 1.51. The molecule has 0 bridgehead atoms. The Bertz CT molecular complexity index is 340. The molecule has 2 amide bonds. The molecular weight excluding hydrogens is 220 g/mol. The standard InChI is InChI=1S/C7H10N4O3S/c1-11(3-2-5(12)13)7(14)9-6-10-8-4-15-6/h4H,2-3H2,1H3,(H,12,13)(H,9,10,14). The molecule has 1 rings (SSSR count). The number of nitrogens with zero attached hydrogens (tertiary/aromatic N) is 3. The Hall–Kier alpha value is -1.70. The van der Waals surface area contributed by atoms with E-state index in [2.05, 4.69) is 15.5 Å². The molecule has 0 unspecified atom stereocenters. The summed E-state index contributed by atoms with van der Waals surface area (Å²) in [5.74, 6) is -0.939. The third-order valence-electron chi connectivity index (χ3n) is 1.58. The number of carboxylic acids is 1. The fourth-order valence-electron chi connectivity index (χ4n) is 0.779. The number of carboxylic acid groups (broad SMARTS) is 1. The maximum atomic E-state index is 11.4. The SMILES string of the molecule is CN(CCC(=O)O)C(=O)Nc1nncs1. The average molecular weight is 230 g/mol. The highest BCUT2D eigenvalue weighted by molar-refractivity contribution is 7.13. The molecule has 0 saturated carbocycles. The van der Waals surface area contributed by atoms with Gasteiger partial charge in [-0.05, 0) is 0 Å². The van der Waals surface area contributed by atoms with Crippen LogP contribution in [0.3, 0.4) is 0 Å². The Kier molecular flexibility index (Phi) is 3.98. The summed E-state index contributed by atoms with van der Waals surface area (Å²) in [4.78, 5) is 22.9. The molecule has 0 saturated heterocycles. The molecule has 0 aliphatic carbocycles. The first-order valence-corrected chi connectivity index (χ1v) is 4.97. The van der Waals surface area contributed by atoms with E-state index in [1.165, 1.54) is 28.8 Å². The van der Waals surface area contributed by atoms with E-state index in [9.17, 15) is 9.59 Å². The summed E-state index contributed by atoms with van der Waals surface area (Å²) >= 11 is 1.20. The lowest BCUT2D eigenvalue weighted by Crippen LogP contribution is -2.33. The van der Waals surface area contributed by atoms with Crippen LogP contribution < -0.4 is 5.32 Å². The molecule has 0 atom stereocenters. The van der Waals surface area contributed by atoms with E-state index in [4.69, 9.17) is 5.11 Å². The molecule has 82 valence electrons. The summed E-state index contributed by atoms with van der Waals surface area (Å²) in [6.07, 6.45) is -0.0833. The zero-order valence-electron chi connectivity index (χ0n) is 8.01. The summed E-state index contributed by atoms with van der Waals surface area (Å²) in [6.45, 7) is 0.153. The lowest BCUT2D eigenvalue weighted by atomic mass is 10.4. The summed E-state index contributed by atoms with van der Waals surface area (Å²) < 4.78 is 0. The van der Waals surface area contributed by atoms with Crippen LogP contribution in [0.15, 0.2) is 5.51 Å². The molecule has 0 aliphatic rings. The van der Waals surface area contributed by atoms with E-state index in [1.54, 1.807) is 0 Å². The molecule has 0 radical (unpaired) electrons. The van der Waals surface area contributed by atoms with Crippen LogP contribution in [0.1, 0.15) is 6.42 Å². The number of carbonyl (C=O) groups excluding carboxylic acids is 1. The van der Waals surface area contributed by atoms with E-state index in [1.807, 2.05) is 0 Å². The van der Waals surface area contributed by atoms with Crippen LogP contribution in [-0.4, -0.2) is 45.8 Å². The van der Waals surface area contributed by atoms with Crippen LogP contribution in [0.5, 0.6) is 0 Å². The van der Waals surface area contributed by atoms with Gasteiger partial charge in [-0.2, -0.15) is 0 Å². The monoisotopic (exact) mass is 230 g/mol. The van der Waals surface area contributed by atoms with Crippen molar-refractivity contribution in [3.8, 4) is 0 Å². The van der Waals surface area contributed by atoms with Crippen molar-refractivity contribution in [1.29, 1.82) is 0 Å². The predicted molar refractivity (Wildman–Crippen MR) is 53.8 cm³/mol. The van der Waals surface area contributed by atoms with Gasteiger partial charge in [-0.3, -0.25) is 10.1 Å². The fourth-order valence-corrected chi connectivity index (χ4v) is 1.21. The highest BCUT2D eigenvalue weighted by Crippen LogP contribution is 2.08. The number of aromatic nitrogens is 2. The van der Waals surface area contributed by atoms with Gasteiger partial charge in [-0.25, -0.2) is 4.79 Å². The van der Waals surface area contributed by atoms with Crippen LogP contribution in [0.2, 0.25) is 0 Å². The summed E-state index contributed by atoms with van der Waals surface area (Å²) in [5, 5.41) is 18.5. The van der Waals surface area contributed by atoms with Crippen molar-refractivity contribution in [3.63, 3.8) is 0 Å². The number of nitrogens with one attached hydrogen (secondary N) is 1. The molecule has 0 aromatic carbocycles. The molecular formula is C7H10N4O3S. The first-order chi connectivity index (χ1) is 7.09. The minimum absolute atomic E-state index is 0.0833. The van der Waals surface area contributed by atoms with E-state index < -0.39 is 12.0 Å². The van der Waals surface area contributed by atoms with Gasteiger partial charge in [0.15, 0.2) is 0 Å². The van der Waals surface area contributed by atoms with Crippen LogP contribution in [0.4, 0.5) is 9.93 Å². The highest BCUT2D eigenvalue weighted by Gasteiger charge is 2.11. The molecule has 1 aromatic heterocycles. The van der Waals surface area contributed by atoms with E-state index in [0.29, 0.717) is 5.13 Å². The first-order valence-electron chi connectivity index (χ1n) is 4.09. The van der Waals surface area contributed by atoms with Crippen molar-refractivity contribution in [2.45, 2.75) is 6.42 Å². The van der Waals surface area contributed by atoms with Gasteiger partial charge in [0, 0.05) is 13.6 Å². The largest absolute Gasteiger partial charge is 0.481 e. The second-order valence-corrected chi connectivity index (χ2v) is 3.57. The number of rotatable bonds is 4. The van der Waals surface area contributed by atoms with Gasteiger partial charge >= 0.3 is 12.0 Å². The molecule has 15 heavy (non-hydrogen) atoms. The van der Waals surface area contributed by atoms with Crippen molar-refractivity contribution >= 4 is 28.5 Å². The number of amides is 2. The zero-order chi connectivity index (χ0) is 11.3. The Balaban J connectivity index is 2.36. The lowest BCUT2D eigenvalue weighted by molar-refractivity contribution is -0.137. The maximum Gasteiger partial charge on any atom is 0.323 e. The van der Waals surface area contributed by atoms with Crippen molar-refractivity contribution in [2.24, 2.45) is 0 Å². The minimum atomic E-state index is -0.939. The normalized spacial score (nSPS) is 9.67.